The molecule has 19 heavy (non-hydrogen) atoms. The number of nitrogens with one attached hydrogen (secondary N) is 1. The largest absolute Gasteiger partial charge is 0.392 e. The molecule has 2 N–H and O–H groups in total. The fourth-order valence-corrected chi connectivity index (χ4v) is 2.40. The van der Waals surface area contributed by atoms with E-state index in [1.807, 2.05) is 30.0 Å². The van der Waals surface area contributed by atoms with Crippen LogP contribution >= 0.6 is 0 Å². The molecule has 4 nitrogen and oxygen atoms in total. The van der Waals surface area contributed by atoms with E-state index in [9.17, 15) is 9.90 Å². The monoisotopic (exact) mass is 262 g/mol. The lowest BCUT2D eigenvalue weighted by molar-refractivity contribution is -0.118. The summed E-state index contributed by atoms with van der Waals surface area (Å²) >= 11 is 0. The first-order valence-electron chi connectivity index (χ1n) is 6.82. The molecule has 0 radical (unpaired) electrons. The fraction of sp³-hybridized carbons (Fsp3) is 0.533. The molecule has 1 heterocycles. The summed E-state index contributed by atoms with van der Waals surface area (Å²) in [5.41, 5.74) is 3.23. The second-order valence-electron chi connectivity index (χ2n) is 5.38. The van der Waals surface area contributed by atoms with Crippen LogP contribution in [0.1, 0.15) is 24.0 Å². The molecule has 1 aliphatic rings. The highest BCUT2D eigenvalue weighted by atomic mass is 16.3. The number of aliphatic hydroxyl groups excluding tert-OH is 1. The molecule has 1 atom stereocenters. The van der Waals surface area contributed by atoms with Crippen molar-refractivity contribution >= 4 is 11.6 Å². The van der Waals surface area contributed by atoms with Gasteiger partial charge in [-0.25, -0.2) is 0 Å². The van der Waals surface area contributed by atoms with Crippen molar-refractivity contribution in [2.75, 3.05) is 25.0 Å². The van der Waals surface area contributed by atoms with Crippen molar-refractivity contribution in [3.63, 3.8) is 0 Å². The van der Waals surface area contributed by atoms with Crippen molar-refractivity contribution in [1.29, 1.82) is 0 Å². The van der Waals surface area contributed by atoms with Gasteiger partial charge >= 0.3 is 0 Å². The molecular formula is C15H22N2O2. The summed E-state index contributed by atoms with van der Waals surface area (Å²) in [7, 11) is 0. The van der Waals surface area contributed by atoms with Crippen LogP contribution in [0.5, 0.6) is 0 Å². The lowest BCUT2D eigenvalue weighted by Gasteiger charge is -2.29. The standard InChI is InChI=1S/C15H22N2O2/c1-11-5-6-13(8-12(11)2)16-15(19)10-17-7-3-4-14(18)9-17/h5-6,8,14,18H,3-4,7,9-10H2,1-2H3,(H,16,19)/t14-/m1/s1. The van der Waals surface area contributed by atoms with Gasteiger partial charge in [0.15, 0.2) is 0 Å². The van der Waals surface area contributed by atoms with Crippen LogP contribution in [0, 0.1) is 13.8 Å². The van der Waals surface area contributed by atoms with Crippen molar-refractivity contribution in [2.24, 2.45) is 0 Å². The topological polar surface area (TPSA) is 52.6 Å². The summed E-state index contributed by atoms with van der Waals surface area (Å²) in [4.78, 5) is 14.0. The Morgan fingerprint density at radius 3 is 2.89 bits per heavy atom. The van der Waals surface area contributed by atoms with Crippen molar-refractivity contribution in [1.82, 2.24) is 4.90 Å². The average Bonchev–Trinajstić information content (AvgIpc) is 2.34. The first-order chi connectivity index (χ1) is 9.04. The molecule has 2 rings (SSSR count). The van der Waals surface area contributed by atoms with Gasteiger partial charge < -0.3 is 10.4 Å². The van der Waals surface area contributed by atoms with Crippen LogP contribution in [-0.2, 0) is 4.79 Å². The number of aliphatic hydroxyl groups is 1. The molecule has 0 bridgehead atoms. The predicted molar refractivity (Wildman–Crippen MR) is 76.2 cm³/mol. The Kier molecular flexibility index (Phi) is 4.56. The average molecular weight is 262 g/mol. The summed E-state index contributed by atoms with van der Waals surface area (Å²) in [6.07, 6.45) is 1.51. The number of aryl methyl sites for hydroxylation is 2. The number of rotatable bonds is 3. The van der Waals surface area contributed by atoms with Crippen molar-refractivity contribution in [3.8, 4) is 0 Å². The summed E-state index contributed by atoms with van der Waals surface area (Å²) in [5, 5.41) is 12.5. The van der Waals surface area contributed by atoms with Crippen LogP contribution in [0.15, 0.2) is 18.2 Å². The zero-order valence-corrected chi connectivity index (χ0v) is 11.6. The Bertz CT molecular complexity index is 459. The molecule has 1 aliphatic heterocycles. The number of anilines is 1. The normalized spacial score (nSPS) is 20.3. The number of β-amino-alcohol motifs (C(OH)–C–C–N with tert-alkyl or cyclic N) is 1. The molecule has 4 heteroatoms. The molecule has 0 unspecified atom stereocenters. The summed E-state index contributed by atoms with van der Waals surface area (Å²) in [5.74, 6) is -0.0163. The Balaban J connectivity index is 1.88. The maximum atomic E-state index is 11.9. The lowest BCUT2D eigenvalue weighted by atomic mass is 10.1. The third-order valence-corrected chi connectivity index (χ3v) is 3.64. The Labute approximate surface area is 114 Å². The molecule has 0 spiro atoms. The highest BCUT2D eigenvalue weighted by Gasteiger charge is 2.19. The molecule has 1 fully saturated rings. The summed E-state index contributed by atoms with van der Waals surface area (Å²) in [6.45, 7) is 5.92. The fourth-order valence-electron chi connectivity index (χ4n) is 2.40. The number of carbonyl (C=O) groups excluding carboxylic acids is 1. The lowest BCUT2D eigenvalue weighted by Crippen LogP contribution is -2.42. The number of amides is 1. The SMILES string of the molecule is Cc1ccc(NC(=O)CN2CCC[C@@H](O)C2)cc1C. The van der Waals surface area contributed by atoms with Crippen LogP contribution in [0.3, 0.4) is 0 Å². The molecule has 1 aromatic rings. The second-order valence-corrected chi connectivity index (χ2v) is 5.38. The first-order valence-corrected chi connectivity index (χ1v) is 6.82. The van der Waals surface area contributed by atoms with Crippen LogP contribution in [-0.4, -0.2) is 41.7 Å². The van der Waals surface area contributed by atoms with Crippen LogP contribution in [0.2, 0.25) is 0 Å². The quantitative estimate of drug-likeness (QED) is 0.871. The number of likely N-dealkylation sites (tertiary alicyclic amines) is 1. The molecule has 1 aromatic carbocycles. The number of hydrogen-bond acceptors (Lipinski definition) is 3. The van der Waals surface area contributed by atoms with Gasteiger partial charge in [-0.2, -0.15) is 0 Å². The van der Waals surface area contributed by atoms with E-state index in [0.717, 1.165) is 25.1 Å². The van der Waals surface area contributed by atoms with Crippen LogP contribution in [0.4, 0.5) is 5.69 Å². The van der Waals surface area contributed by atoms with Crippen molar-refractivity contribution in [3.05, 3.63) is 29.3 Å². The van der Waals surface area contributed by atoms with E-state index in [1.165, 1.54) is 11.1 Å². The maximum Gasteiger partial charge on any atom is 0.238 e. The zero-order chi connectivity index (χ0) is 13.8. The molecule has 0 aliphatic carbocycles. The highest BCUT2D eigenvalue weighted by molar-refractivity contribution is 5.92. The summed E-state index contributed by atoms with van der Waals surface area (Å²) < 4.78 is 0. The number of carbonyl (C=O) groups is 1. The maximum absolute atomic E-state index is 11.9. The molecule has 0 aromatic heterocycles. The highest BCUT2D eigenvalue weighted by Crippen LogP contribution is 2.14. The molecule has 1 saturated heterocycles. The Morgan fingerprint density at radius 1 is 1.42 bits per heavy atom. The summed E-state index contributed by atoms with van der Waals surface area (Å²) in [6, 6.07) is 5.92. The van der Waals surface area contributed by atoms with Gasteiger partial charge in [0, 0.05) is 12.2 Å². The predicted octanol–water partition coefficient (Wildman–Crippen LogP) is 1.70. The Morgan fingerprint density at radius 2 is 2.21 bits per heavy atom. The molecule has 0 saturated carbocycles. The van der Waals surface area contributed by atoms with E-state index in [-0.39, 0.29) is 12.0 Å². The number of hydrogen-bond donors (Lipinski definition) is 2. The number of piperidine rings is 1. The van der Waals surface area contributed by atoms with E-state index in [2.05, 4.69) is 12.2 Å². The number of nitrogens with zero attached hydrogens (tertiary/aromatic N) is 1. The van der Waals surface area contributed by atoms with Crippen LogP contribution in [0.25, 0.3) is 0 Å². The third kappa shape index (κ3) is 4.04. The minimum atomic E-state index is -0.289. The van der Waals surface area contributed by atoms with Gasteiger partial charge in [0.25, 0.3) is 0 Å². The van der Waals surface area contributed by atoms with Gasteiger partial charge in [0.05, 0.1) is 12.6 Å². The van der Waals surface area contributed by atoms with Gasteiger partial charge in [-0.1, -0.05) is 6.07 Å². The molecular weight excluding hydrogens is 240 g/mol. The van der Waals surface area contributed by atoms with E-state index in [1.54, 1.807) is 0 Å². The van der Waals surface area contributed by atoms with E-state index >= 15 is 0 Å². The third-order valence-electron chi connectivity index (χ3n) is 3.64. The smallest absolute Gasteiger partial charge is 0.238 e. The van der Waals surface area contributed by atoms with Gasteiger partial charge in [-0.3, -0.25) is 9.69 Å². The van der Waals surface area contributed by atoms with Crippen molar-refractivity contribution in [2.45, 2.75) is 32.8 Å². The van der Waals surface area contributed by atoms with Gasteiger partial charge in [-0.15, -0.1) is 0 Å². The molecule has 1 amide bonds. The zero-order valence-electron chi connectivity index (χ0n) is 11.6. The minimum absolute atomic E-state index is 0.0163. The van der Waals surface area contributed by atoms with Crippen LogP contribution < -0.4 is 5.32 Å². The van der Waals surface area contributed by atoms with E-state index in [0.29, 0.717) is 13.1 Å². The van der Waals surface area contributed by atoms with Gasteiger partial charge in [-0.05, 0) is 56.5 Å². The van der Waals surface area contributed by atoms with Gasteiger partial charge in [0.2, 0.25) is 5.91 Å². The van der Waals surface area contributed by atoms with Gasteiger partial charge in [0.1, 0.15) is 0 Å². The minimum Gasteiger partial charge on any atom is -0.392 e. The van der Waals surface area contributed by atoms with E-state index in [4.69, 9.17) is 0 Å². The Hall–Kier alpha value is -1.39. The van der Waals surface area contributed by atoms with Crippen molar-refractivity contribution < 1.29 is 9.90 Å². The number of benzene rings is 1. The molecule has 104 valence electrons. The van der Waals surface area contributed by atoms with E-state index < -0.39 is 0 Å². The second kappa shape index (κ2) is 6.17. The first kappa shape index (κ1) is 14.0.